The summed E-state index contributed by atoms with van der Waals surface area (Å²) in [5.41, 5.74) is 0.490. The molecule has 1 amide bonds. The number of ether oxygens (including phenoxy) is 1. The molecule has 0 aromatic heterocycles. The highest BCUT2D eigenvalue weighted by molar-refractivity contribution is 5.97. The largest absolute Gasteiger partial charge is 0.493 e. The van der Waals surface area contributed by atoms with E-state index in [9.17, 15) is 4.79 Å². The van der Waals surface area contributed by atoms with E-state index in [-0.39, 0.29) is 18.6 Å². The Labute approximate surface area is 95.2 Å². The lowest BCUT2D eigenvalue weighted by Gasteiger charge is -2.13. The Morgan fingerprint density at radius 1 is 1.50 bits per heavy atom. The summed E-state index contributed by atoms with van der Waals surface area (Å²) in [6.45, 7) is 4.04. The van der Waals surface area contributed by atoms with Crippen LogP contribution in [0.1, 0.15) is 24.2 Å². The normalized spacial score (nSPS) is 11.9. The van der Waals surface area contributed by atoms with Crippen molar-refractivity contribution < 1.29 is 14.6 Å². The molecule has 88 valence electrons. The predicted octanol–water partition coefficient (Wildman–Crippen LogP) is 1.20. The first-order valence-corrected chi connectivity index (χ1v) is 5.32. The second-order valence-electron chi connectivity index (χ2n) is 3.49. The van der Waals surface area contributed by atoms with Gasteiger partial charge in [-0.05, 0) is 26.0 Å². The van der Waals surface area contributed by atoms with Crippen LogP contribution in [0, 0.1) is 0 Å². The molecule has 0 aliphatic heterocycles. The van der Waals surface area contributed by atoms with E-state index in [2.05, 4.69) is 5.32 Å². The molecule has 1 aromatic rings. The number of hydrogen-bond donors (Lipinski definition) is 2. The molecular formula is C12H17NO3. The SMILES string of the molecule is CCOc1ccccc1C(=O)N[C@@H](C)CO. The van der Waals surface area contributed by atoms with Crippen LogP contribution >= 0.6 is 0 Å². The molecule has 1 rings (SSSR count). The van der Waals surface area contributed by atoms with Crippen molar-refractivity contribution in [3.05, 3.63) is 29.8 Å². The van der Waals surface area contributed by atoms with Gasteiger partial charge in [0.1, 0.15) is 5.75 Å². The van der Waals surface area contributed by atoms with Crippen molar-refractivity contribution in [2.24, 2.45) is 0 Å². The number of benzene rings is 1. The summed E-state index contributed by atoms with van der Waals surface area (Å²) in [7, 11) is 0. The number of hydrogen-bond acceptors (Lipinski definition) is 3. The quantitative estimate of drug-likeness (QED) is 0.788. The van der Waals surface area contributed by atoms with E-state index in [1.54, 1.807) is 25.1 Å². The van der Waals surface area contributed by atoms with Gasteiger partial charge in [-0.15, -0.1) is 0 Å². The molecular weight excluding hydrogens is 206 g/mol. The zero-order valence-corrected chi connectivity index (χ0v) is 9.56. The van der Waals surface area contributed by atoms with Gasteiger partial charge in [0, 0.05) is 6.04 Å². The van der Waals surface area contributed by atoms with Crippen molar-refractivity contribution in [3.63, 3.8) is 0 Å². The van der Waals surface area contributed by atoms with Crippen molar-refractivity contribution in [2.45, 2.75) is 19.9 Å². The molecule has 0 unspecified atom stereocenters. The second kappa shape index (κ2) is 6.12. The first-order valence-electron chi connectivity index (χ1n) is 5.32. The topological polar surface area (TPSA) is 58.6 Å². The molecule has 0 saturated carbocycles. The van der Waals surface area contributed by atoms with E-state index in [0.717, 1.165) is 0 Å². The fourth-order valence-electron chi connectivity index (χ4n) is 1.28. The molecule has 0 aliphatic rings. The molecule has 0 aliphatic carbocycles. The third-order valence-corrected chi connectivity index (χ3v) is 2.08. The summed E-state index contributed by atoms with van der Waals surface area (Å²) in [5.74, 6) is 0.332. The second-order valence-corrected chi connectivity index (χ2v) is 3.49. The highest BCUT2D eigenvalue weighted by atomic mass is 16.5. The average molecular weight is 223 g/mol. The summed E-state index contributed by atoms with van der Waals surface area (Å²) < 4.78 is 5.35. The van der Waals surface area contributed by atoms with Crippen molar-refractivity contribution in [2.75, 3.05) is 13.2 Å². The number of amides is 1. The fraction of sp³-hybridized carbons (Fsp3) is 0.417. The Balaban J connectivity index is 2.81. The molecule has 0 fully saturated rings. The highest BCUT2D eigenvalue weighted by Crippen LogP contribution is 2.17. The van der Waals surface area contributed by atoms with Crippen LogP contribution < -0.4 is 10.1 Å². The van der Waals surface area contributed by atoms with E-state index in [4.69, 9.17) is 9.84 Å². The van der Waals surface area contributed by atoms with Crippen LogP contribution in [-0.2, 0) is 0 Å². The van der Waals surface area contributed by atoms with Gasteiger partial charge in [0.15, 0.2) is 0 Å². The van der Waals surface area contributed by atoms with Gasteiger partial charge < -0.3 is 15.2 Å². The van der Waals surface area contributed by atoms with Crippen molar-refractivity contribution >= 4 is 5.91 Å². The molecule has 0 bridgehead atoms. The smallest absolute Gasteiger partial charge is 0.255 e. The minimum Gasteiger partial charge on any atom is -0.493 e. The number of carbonyl (C=O) groups excluding carboxylic acids is 1. The van der Waals surface area contributed by atoms with Crippen molar-refractivity contribution in [1.29, 1.82) is 0 Å². The highest BCUT2D eigenvalue weighted by Gasteiger charge is 2.13. The molecule has 1 atom stereocenters. The van der Waals surface area contributed by atoms with Crippen LogP contribution in [0.3, 0.4) is 0 Å². The number of aliphatic hydroxyl groups excluding tert-OH is 1. The van der Waals surface area contributed by atoms with Crippen LogP contribution in [-0.4, -0.2) is 30.3 Å². The Bertz CT molecular complexity index is 352. The lowest BCUT2D eigenvalue weighted by atomic mass is 10.2. The van der Waals surface area contributed by atoms with Gasteiger partial charge in [-0.1, -0.05) is 12.1 Å². The van der Waals surface area contributed by atoms with Crippen molar-refractivity contribution in [3.8, 4) is 5.75 Å². The maximum Gasteiger partial charge on any atom is 0.255 e. The number of nitrogens with one attached hydrogen (secondary N) is 1. The predicted molar refractivity (Wildman–Crippen MR) is 61.6 cm³/mol. The maximum absolute atomic E-state index is 11.8. The summed E-state index contributed by atoms with van der Waals surface area (Å²) in [4.78, 5) is 11.8. The zero-order valence-electron chi connectivity index (χ0n) is 9.56. The lowest BCUT2D eigenvalue weighted by molar-refractivity contribution is 0.0918. The molecule has 1 aromatic carbocycles. The van der Waals surface area contributed by atoms with Gasteiger partial charge in [0.05, 0.1) is 18.8 Å². The zero-order chi connectivity index (χ0) is 12.0. The average Bonchev–Trinajstić information content (AvgIpc) is 2.30. The van der Waals surface area contributed by atoms with Gasteiger partial charge in [-0.3, -0.25) is 4.79 Å². The van der Waals surface area contributed by atoms with Gasteiger partial charge >= 0.3 is 0 Å². The first kappa shape index (κ1) is 12.5. The van der Waals surface area contributed by atoms with E-state index in [1.165, 1.54) is 0 Å². The molecule has 0 heterocycles. The van der Waals surface area contributed by atoms with E-state index in [1.807, 2.05) is 13.0 Å². The third-order valence-electron chi connectivity index (χ3n) is 2.08. The van der Waals surface area contributed by atoms with Gasteiger partial charge in [-0.2, -0.15) is 0 Å². The van der Waals surface area contributed by atoms with Gasteiger partial charge in [-0.25, -0.2) is 0 Å². The third kappa shape index (κ3) is 3.24. The number of carbonyl (C=O) groups is 1. The number of para-hydroxylation sites is 1. The molecule has 2 N–H and O–H groups in total. The minimum absolute atomic E-state index is 0.0808. The van der Waals surface area contributed by atoms with Crippen LogP contribution in [0.4, 0.5) is 0 Å². The Morgan fingerprint density at radius 2 is 2.19 bits per heavy atom. The Kier molecular flexibility index (Phi) is 4.79. The van der Waals surface area contributed by atoms with Crippen LogP contribution in [0.25, 0.3) is 0 Å². The van der Waals surface area contributed by atoms with E-state index < -0.39 is 0 Å². The van der Waals surface area contributed by atoms with Gasteiger partial charge in [0.25, 0.3) is 5.91 Å². The Hall–Kier alpha value is -1.55. The molecule has 0 saturated heterocycles. The molecule has 4 heteroatoms. The lowest BCUT2D eigenvalue weighted by Crippen LogP contribution is -2.35. The standard InChI is InChI=1S/C12H17NO3/c1-3-16-11-7-5-4-6-10(11)12(15)13-9(2)8-14/h4-7,9,14H,3,8H2,1-2H3,(H,13,15)/t9-/m0/s1. The first-order chi connectivity index (χ1) is 7.69. The molecule has 0 spiro atoms. The maximum atomic E-state index is 11.8. The number of aliphatic hydroxyl groups is 1. The van der Waals surface area contributed by atoms with Gasteiger partial charge in [0.2, 0.25) is 0 Å². The monoisotopic (exact) mass is 223 g/mol. The van der Waals surface area contributed by atoms with Crippen LogP contribution in [0.5, 0.6) is 5.75 Å². The van der Waals surface area contributed by atoms with Crippen LogP contribution in [0.15, 0.2) is 24.3 Å². The summed E-state index contributed by atoms with van der Waals surface area (Å²) >= 11 is 0. The fourth-order valence-corrected chi connectivity index (χ4v) is 1.28. The molecule has 0 radical (unpaired) electrons. The summed E-state index contributed by atoms with van der Waals surface area (Å²) in [6.07, 6.45) is 0. The number of rotatable bonds is 5. The molecule has 16 heavy (non-hydrogen) atoms. The summed E-state index contributed by atoms with van der Waals surface area (Å²) in [5, 5.41) is 11.5. The van der Waals surface area contributed by atoms with Crippen LogP contribution in [0.2, 0.25) is 0 Å². The minimum atomic E-state index is -0.262. The van der Waals surface area contributed by atoms with Crippen molar-refractivity contribution in [1.82, 2.24) is 5.32 Å². The molecule has 4 nitrogen and oxygen atoms in total. The van der Waals surface area contributed by atoms with E-state index >= 15 is 0 Å². The summed E-state index contributed by atoms with van der Waals surface area (Å²) in [6, 6.07) is 6.78. The van der Waals surface area contributed by atoms with E-state index in [0.29, 0.717) is 17.9 Å². The Morgan fingerprint density at radius 3 is 2.81 bits per heavy atom.